The summed E-state index contributed by atoms with van der Waals surface area (Å²) >= 11 is 12.3. The molecule has 3 rings (SSSR count). The predicted octanol–water partition coefficient (Wildman–Crippen LogP) is 5.21. The summed E-state index contributed by atoms with van der Waals surface area (Å²) in [5, 5.41) is 14.0. The maximum atomic E-state index is 7.14. The molecule has 0 fully saturated rings. The van der Waals surface area contributed by atoms with Gasteiger partial charge < -0.3 is 5.41 Å². The standard InChI is InChI=1S/C17H13Cl2N3/c1-22-16(6-3-9-20)14-5-2-4-13(17(14)21-22)12-8-7-11(18)10-15(12)19/h2-10,20H,1H3/b6-3+,20-9?. The van der Waals surface area contributed by atoms with Gasteiger partial charge in [0.15, 0.2) is 0 Å². The number of hydrogen-bond donors (Lipinski definition) is 1. The number of allylic oxidation sites excluding steroid dienone is 1. The molecule has 2 aromatic carbocycles. The number of rotatable bonds is 3. The third kappa shape index (κ3) is 2.54. The first-order chi connectivity index (χ1) is 10.6. The van der Waals surface area contributed by atoms with Crippen LogP contribution in [0.4, 0.5) is 0 Å². The van der Waals surface area contributed by atoms with Gasteiger partial charge in [-0.05, 0) is 24.3 Å². The smallest absolute Gasteiger partial charge is 0.101 e. The maximum Gasteiger partial charge on any atom is 0.101 e. The van der Waals surface area contributed by atoms with E-state index in [4.69, 9.17) is 28.6 Å². The highest BCUT2D eigenvalue weighted by atomic mass is 35.5. The Hall–Kier alpha value is -2.10. The van der Waals surface area contributed by atoms with Gasteiger partial charge in [0.25, 0.3) is 0 Å². The Bertz CT molecular complexity index is 894. The van der Waals surface area contributed by atoms with E-state index in [1.54, 1.807) is 16.8 Å². The van der Waals surface area contributed by atoms with E-state index in [2.05, 4.69) is 5.10 Å². The van der Waals surface area contributed by atoms with Crippen LogP contribution in [0.5, 0.6) is 0 Å². The number of halogens is 2. The van der Waals surface area contributed by atoms with E-state index in [1.165, 1.54) is 6.21 Å². The number of benzene rings is 2. The van der Waals surface area contributed by atoms with Crippen LogP contribution < -0.4 is 0 Å². The van der Waals surface area contributed by atoms with Gasteiger partial charge in [0.05, 0.1) is 5.69 Å². The molecule has 22 heavy (non-hydrogen) atoms. The molecule has 0 spiro atoms. The summed E-state index contributed by atoms with van der Waals surface area (Å²) in [6.45, 7) is 0. The largest absolute Gasteiger partial charge is 0.309 e. The lowest BCUT2D eigenvalue weighted by Crippen LogP contribution is -1.92. The summed E-state index contributed by atoms with van der Waals surface area (Å²) in [5.41, 5.74) is 3.69. The van der Waals surface area contributed by atoms with Gasteiger partial charge in [0.2, 0.25) is 0 Å². The van der Waals surface area contributed by atoms with Crippen LogP contribution in [0.2, 0.25) is 10.0 Å². The number of fused-ring (bicyclic) bond motifs is 1. The molecule has 110 valence electrons. The highest BCUT2D eigenvalue weighted by Crippen LogP contribution is 2.35. The topological polar surface area (TPSA) is 41.7 Å². The second kappa shape index (κ2) is 5.95. The monoisotopic (exact) mass is 329 g/mol. The third-order valence-electron chi connectivity index (χ3n) is 3.48. The molecule has 0 aliphatic heterocycles. The first kappa shape index (κ1) is 14.8. The molecular weight excluding hydrogens is 317 g/mol. The lowest BCUT2D eigenvalue weighted by atomic mass is 10.0. The predicted molar refractivity (Wildman–Crippen MR) is 94.0 cm³/mol. The highest BCUT2D eigenvalue weighted by molar-refractivity contribution is 6.36. The van der Waals surface area contributed by atoms with E-state index in [9.17, 15) is 0 Å². The Balaban J connectivity index is 2.28. The molecule has 0 aliphatic carbocycles. The molecule has 1 N–H and O–H groups in total. The van der Waals surface area contributed by atoms with Gasteiger partial charge in [0.1, 0.15) is 5.52 Å². The number of aryl methyl sites for hydroxylation is 1. The molecule has 1 heterocycles. The second-order valence-electron chi connectivity index (χ2n) is 4.86. The average Bonchev–Trinajstić information content (AvgIpc) is 2.81. The van der Waals surface area contributed by atoms with Crippen molar-refractivity contribution >= 4 is 46.4 Å². The molecule has 0 atom stereocenters. The van der Waals surface area contributed by atoms with E-state index in [1.807, 2.05) is 43.5 Å². The van der Waals surface area contributed by atoms with Crippen LogP contribution in [0, 0.1) is 5.41 Å². The van der Waals surface area contributed by atoms with Crippen molar-refractivity contribution in [3.63, 3.8) is 0 Å². The molecule has 3 aromatic rings. The van der Waals surface area contributed by atoms with Crippen molar-refractivity contribution < 1.29 is 0 Å². The van der Waals surface area contributed by atoms with Crippen molar-refractivity contribution in [2.24, 2.45) is 7.05 Å². The first-order valence-electron chi connectivity index (χ1n) is 6.70. The SMILES string of the molecule is Cn1nc2c(-c3ccc(Cl)cc3Cl)cccc2c1/C=C/C=N. The van der Waals surface area contributed by atoms with Crippen molar-refractivity contribution in [1.29, 1.82) is 5.41 Å². The zero-order chi connectivity index (χ0) is 15.7. The minimum absolute atomic E-state index is 0.599. The van der Waals surface area contributed by atoms with Crippen LogP contribution in [-0.4, -0.2) is 16.0 Å². The van der Waals surface area contributed by atoms with E-state index < -0.39 is 0 Å². The summed E-state index contributed by atoms with van der Waals surface area (Å²) in [4.78, 5) is 0. The van der Waals surface area contributed by atoms with Gasteiger partial charge >= 0.3 is 0 Å². The van der Waals surface area contributed by atoms with Gasteiger partial charge in [0, 0.05) is 39.8 Å². The van der Waals surface area contributed by atoms with Gasteiger partial charge in [-0.25, -0.2) is 0 Å². The summed E-state index contributed by atoms with van der Waals surface area (Å²) in [6, 6.07) is 11.4. The molecule has 0 radical (unpaired) electrons. The Labute approximate surface area is 138 Å². The quantitative estimate of drug-likeness (QED) is 0.658. The summed E-state index contributed by atoms with van der Waals surface area (Å²) in [6.07, 6.45) is 4.80. The lowest BCUT2D eigenvalue weighted by molar-refractivity contribution is 0.771. The van der Waals surface area contributed by atoms with Crippen molar-refractivity contribution in [1.82, 2.24) is 9.78 Å². The van der Waals surface area contributed by atoms with E-state index in [0.29, 0.717) is 10.0 Å². The minimum Gasteiger partial charge on any atom is -0.309 e. The van der Waals surface area contributed by atoms with Crippen LogP contribution in [-0.2, 0) is 7.05 Å². The molecule has 5 heteroatoms. The fourth-order valence-electron chi connectivity index (χ4n) is 2.50. The van der Waals surface area contributed by atoms with Crippen LogP contribution in [0.1, 0.15) is 5.69 Å². The molecule has 0 unspecified atom stereocenters. The molecule has 1 aromatic heterocycles. The second-order valence-corrected chi connectivity index (χ2v) is 5.70. The fraction of sp³-hybridized carbons (Fsp3) is 0.0588. The molecule has 0 bridgehead atoms. The molecule has 3 nitrogen and oxygen atoms in total. The number of hydrogen-bond acceptors (Lipinski definition) is 2. The van der Waals surface area contributed by atoms with Gasteiger partial charge in [-0.2, -0.15) is 5.10 Å². The van der Waals surface area contributed by atoms with Crippen LogP contribution >= 0.6 is 23.2 Å². The fourth-order valence-corrected chi connectivity index (χ4v) is 3.01. The number of nitrogens with one attached hydrogen (secondary N) is 1. The van der Waals surface area contributed by atoms with Crippen molar-refractivity contribution in [2.75, 3.05) is 0 Å². The maximum absolute atomic E-state index is 7.14. The van der Waals surface area contributed by atoms with Gasteiger partial charge in [-0.1, -0.05) is 47.5 Å². The van der Waals surface area contributed by atoms with E-state index >= 15 is 0 Å². The Kier molecular flexibility index (Phi) is 4.01. The van der Waals surface area contributed by atoms with Crippen molar-refractivity contribution in [3.05, 3.63) is 58.2 Å². The Morgan fingerprint density at radius 3 is 2.68 bits per heavy atom. The van der Waals surface area contributed by atoms with E-state index in [0.717, 1.165) is 27.7 Å². The highest BCUT2D eigenvalue weighted by Gasteiger charge is 2.13. The van der Waals surface area contributed by atoms with Gasteiger partial charge in [-0.3, -0.25) is 4.68 Å². The number of aromatic nitrogens is 2. The lowest BCUT2D eigenvalue weighted by Gasteiger charge is -2.05. The summed E-state index contributed by atoms with van der Waals surface area (Å²) in [7, 11) is 1.89. The molecule has 0 aliphatic rings. The molecule has 0 saturated carbocycles. The third-order valence-corrected chi connectivity index (χ3v) is 4.03. The molecular formula is C17H13Cl2N3. The van der Waals surface area contributed by atoms with E-state index in [-0.39, 0.29) is 0 Å². The molecule has 0 amide bonds. The Morgan fingerprint density at radius 1 is 1.14 bits per heavy atom. The minimum atomic E-state index is 0.599. The van der Waals surface area contributed by atoms with Crippen LogP contribution in [0.3, 0.4) is 0 Å². The first-order valence-corrected chi connectivity index (χ1v) is 7.45. The molecule has 0 saturated heterocycles. The van der Waals surface area contributed by atoms with Crippen LogP contribution in [0.15, 0.2) is 42.5 Å². The normalized spacial score (nSPS) is 11.4. The van der Waals surface area contributed by atoms with Crippen molar-refractivity contribution in [2.45, 2.75) is 0 Å². The summed E-state index contributed by atoms with van der Waals surface area (Å²) in [5.74, 6) is 0. The van der Waals surface area contributed by atoms with Crippen LogP contribution in [0.25, 0.3) is 28.1 Å². The Morgan fingerprint density at radius 2 is 1.95 bits per heavy atom. The average molecular weight is 330 g/mol. The zero-order valence-electron chi connectivity index (χ0n) is 11.8. The zero-order valence-corrected chi connectivity index (χ0v) is 13.4. The van der Waals surface area contributed by atoms with Gasteiger partial charge in [-0.15, -0.1) is 0 Å². The summed E-state index contributed by atoms with van der Waals surface area (Å²) < 4.78 is 1.80. The number of nitrogens with zero attached hydrogens (tertiary/aromatic N) is 2. The van der Waals surface area contributed by atoms with Crippen molar-refractivity contribution in [3.8, 4) is 11.1 Å².